The molecule has 0 spiro atoms. The highest BCUT2D eigenvalue weighted by Gasteiger charge is 2.42. The van der Waals surface area contributed by atoms with E-state index in [9.17, 15) is 9.59 Å². The van der Waals surface area contributed by atoms with Gasteiger partial charge in [-0.25, -0.2) is 4.79 Å². The number of rotatable bonds is 5. The molecule has 1 aromatic heterocycles. The van der Waals surface area contributed by atoms with Crippen LogP contribution < -0.4 is 9.54 Å². The summed E-state index contributed by atoms with van der Waals surface area (Å²) < 4.78 is 17.4. The Morgan fingerprint density at radius 1 is 1.37 bits per heavy atom. The number of cyclic esters (lactones) is 1. The summed E-state index contributed by atoms with van der Waals surface area (Å²) in [5.74, 6) is -0.566. The second-order valence-electron chi connectivity index (χ2n) is 6.37. The van der Waals surface area contributed by atoms with Crippen molar-refractivity contribution < 1.29 is 23.8 Å². The normalized spacial score (nSPS) is 15.6. The average molecular weight is 411 g/mol. The molecule has 2 heterocycles. The maximum Gasteiger partial charge on any atom is 0.357 e. The van der Waals surface area contributed by atoms with Gasteiger partial charge in [0, 0.05) is 18.7 Å². The lowest BCUT2D eigenvalue weighted by atomic mass is 10.1. The smallest absolute Gasteiger partial charge is 0.357 e. The molecule has 0 saturated heterocycles. The first-order valence-corrected chi connectivity index (χ1v) is 9.37. The number of halogens is 1. The van der Waals surface area contributed by atoms with Gasteiger partial charge in [0.05, 0.1) is 24.2 Å². The lowest BCUT2D eigenvalue weighted by Crippen LogP contribution is -2.24. The van der Waals surface area contributed by atoms with Crippen LogP contribution in [0.3, 0.4) is 0 Å². The molecule has 1 aromatic carbocycles. The van der Waals surface area contributed by atoms with Gasteiger partial charge in [-0.2, -0.15) is 4.99 Å². The van der Waals surface area contributed by atoms with Crippen molar-refractivity contribution in [1.82, 2.24) is 4.57 Å². The molecule has 0 saturated carbocycles. The minimum Gasteiger partial charge on any atom is -0.496 e. The first kappa shape index (κ1) is 19.6. The van der Waals surface area contributed by atoms with Crippen LogP contribution in [0.15, 0.2) is 23.2 Å². The van der Waals surface area contributed by atoms with Crippen LogP contribution in [-0.2, 0) is 21.6 Å². The third-order valence-corrected chi connectivity index (χ3v) is 5.72. The Balaban J connectivity index is 2.14. The van der Waals surface area contributed by atoms with Crippen molar-refractivity contribution in [3.63, 3.8) is 0 Å². The summed E-state index contributed by atoms with van der Waals surface area (Å²) in [7, 11) is 3.03. The van der Waals surface area contributed by atoms with Gasteiger partial charge in [-0.05, 0) is 32.0 Å². The predicted octanol–water partition coefficient (Wildman–Crippen LogP) is 3.00. The molecule has 0 unspecified atom stereocenters. The van der Waals surface area contributed by atoms with Gasteiger partial charge in [0.15, 0.2) is 4.80 Å². The summed E-state index contributed by atoms with van der Waals surface area (Å²) in [6, 6.07) is 4.75. The Bertz CT molecular complexity index is 977. The summed E-state index contributed by atoms with van der Waals surface area (Å²) in [4.78, 5) is 30.5. The minimum atomic E-state index is -0.767. The van der Waals surface area contributed by atoms with Crippen LogP contribution in [-0.4, -0.2) is 37.3 Å². The van der Waals surface area contributed by atoms with Crippen LogP contribution in [0.25, 0.3) is 0 Å². The molecule has 0 N–H and O–H groups in total. The van der Waals surface area contributed by atoms with E-state index in [-0.39, 0.29) is 5.56 Å². The van der Waals surface area contributed by atoms with E-state index in [0.29, 0.717) is 34.4 Å². The molecule has 0 fully saturated rings. The van der Waals surface area contributed by atoms with Gasteiger partial charge in [0.1, 0.15) is 17.0 Å². The third kappa shape index (κ3) is 3.65. The fraction of sp³-hybridized carbons (Fsp3) is 0.389. The first-order valence-electron chi connectivity index (χ1n) is 8.17. The standard InChI is InChI=1S/C18H19ClN2O5S/c1-18(2)14-13(16(23)26-18)21(7-8-24-3)17(27-14)20-15(22)11-9-10(19)5-6-12(11)25-4/h5-6,9H,7-8H2,1-4H3/b20-17-. The maximum atomic E-state index is 12.8. The quantitative estimate of drug-likeness (QED) is 0.708. The number of ether oxygens (including phenoxy) is 3. The van der Waals surface area contributed by atoms with E-state index in [1.54, 1.807) is 37.7 Å². The highest BCUT2D eigenvalue weighted by molar-refractivity contribution is 7.09. The number of carbonyl (C=O) groups is 2. The van der Waals surface area contributed by atoms with E-state index in [1.165, 1.54) is 24.5 Å². The Morgan fingerprint density at radius 3 is 2.78 bits per heavy atom. The highest BCUT2D eigenvalue weighted by atomic mass is 35.5. The highest BCUT2D eigenvalue weighted by Crippen LogP contribution is 2.37. The second-order valence-corrected chi connectivity index (χ2v) is 7.78. The molecule has 0 atom stereocenters. The van der Waals surface area contributed by atoms with Crippen molar-refractivity contribution in [3.8, 4) is 5.75 Å². The Labute approximate surface area is 165 Å². The zero-order chi connectivity index (χ0) is 19.8. The molecular formula is C18H19ClN2O5S. The zero-order valence-electron chi connectivity index (χ0n) is 15.4. The molecule has 1 amide bonds. The molecule has 2 aromatic rings. The van der Waals surface area contributed by atoms with Crippen LogP contribution in [0.5, 0.6) is 5.75 Å². The minimum absolute atomic E-state index is 0.249. The first-order chi connectivity index (χ1) is 12.8. The van der Waals surface area contributed by atoms with Crippen molar-refractivity contribution in [1.29, 1.82) is 0 Å². The van der Waals surface area contributed by atoms with Crippen LogP contribution >= 0.6 is 22.9 Å². The fourth-order valence-electron chi connectivity index (χ4n) is 2.82. The van der Waals surface area contributed by atoms with Crippen LogP contribution in [0.1, 0.15) is 39.6 Å². The summed E-state index contributed by atoms with van der Waals surface area (Å²) in [6.45, 7) is 4.34. The van der Waals surface area contributed by atoms with Crippen LogP contribution in [0, 0.1) is 0 Å². The van der Waals surface area contributed by atoms with Crippen molar-refractivity contribution in [2.45, 2.75) is 26.0 Å². The average Bonchev–Trinajstić information content (AvgIpc) is 3.08. The van der Waals surface area contributed by atoms with Gasteiger partial charge in [0.25, 0.3) is 5.91 Å². The van der Waals surface area contributed by atoms with Crippen molar-refractivity contribution in [2.24, 2.45) is 4.99 Å². The summed E-state index contributed by atoms with van der Waals surface area (Å²) in [6.07, 6.45) is 0. The molecule has 0 bridgehead atoms. The summed E-state index contributed by atoms with van der Waals surface area (Å²) in [5, 5.41) is 0.403. The lowest BCUT2D eigenvalue weighted by molar-refractivity contribution is 0.00981. The molecule has 1 aliphatic rings. The number of thiazole rings is 1. The molecule has 3 rings (SSSR count). The van der Waals surface area contributed by atoms with Gasteiger partial charge in [-0.3, -0.25) is 4.79 Å². The van der Waals surface area contributed by atoms with Gasteiger partial charge in [0.2, 0.25) is 0 Å². The topological polar surface area (TPSA) is 79.1 Å². The molecule has 0 radical (unpaired) electrons. The van der Waals surface area contributed by atoms with Gasteiger partial charge >= 0.3 is 5.97 Å². The Kier molecular flexibility index (Phi) is 5.41. The van der Waals surface area contributed by atoms with Gasteiger partial charge < -0.3 is 18.8 Å². The van der Waals surface area contributed by atoms with E-state index < -0.39 is 17.5 Å². The van der Waals surface area contributed by atoms with Crippen LogP contribution in [0.4, 0.5) is 0 Å². The summed E-state index contributed by atoms with van der Waals surface area (Å²) >= 11 is 7.26. The van der Waals surface area contributed by atoms with Crippen molar-refractivity contribution in [3.05, 3.63) is 44.2 Å². The maximum absolute atomic E-state index is 12.8. The fourth-order valence-corrected chi connectivity index (χ4v) is 4.17. The van der Waals surface area contributed by atoms with Gasteiger partial charge in [-0.1, -0.05) is 22.9 Å². The molecule has 144 valence electrons. The molecule has 1 aliphatic heterocycles. The van der Waals surface area contributed by atoms with E-state index in [1.807, 2.05) is 0 Å². The number of amides is 1. The molecule has 27 heavy (non-hydrogen) atoms. The molecule has 0 aliphatic carbocycles. The zero-order valence-corrected chi connectivity index (χ0v) is 16.9. The predicted molar refractivity (Wildman–Crippen MR) is 101 cm³/mol. The molecular weight excluding hydrogens is 392 g/mol. The molecule has 7 nitrogen and oxygen atoms in total. The second kappa shape index (κ2) is 7.46. The van der Waals surface area contributed by atoms with Crippen molar-refractivity contribution >= 4 is 34.8 Å². The lowest BCUT2D eigenvalue weighted by Gasteiger charge is -2.15. The number of fused-ring (bicyclic) bond motifs is 1. The number of benzene rings is 1. The van der Waals surface area contributed by atoms with Crippen molar-refractivity contribution in [2.75, 3.05) is 20.8 Å². The monoisotopic (exact) mass is 410 g/mol. The van der Waals surface area contributed by atoms with E-state index in [4.69, 9.17) is 25.8 Å². The Hall–Kier alpha value is -2.16. The van der Waals surface area contributed by atoms with E-state index in [0.717, 1.165) is 4.88 Å². The Morgan fingerprint density at radius 2 is 2.11 bits per heavy atom. The van der Waals surface area contributed by atoms with Gasteiger partial charge in [-0.15, -0.1) is 0 Å². The number of aromatic nitrogens is 1. The third-order valence-electron chi connectivity index (χ3n) is 4.11. The SMILES string of the molecule is COCCn1c2c(s/c1=N\C(=O)c1cc(Cl)ccc1OC)C(C)(C)OC2=O. The van der Waals surface area contributed by atoms with E-state index in [2.05, 4.69) is 4.99 Å². The number of esters is 1. The summed E-state index contributed by atoms with van der Waals surface area (Å²) in [5.41, 5.74) is -0.110. The number of nitrogens with zero attached hydrogens (tertiary/aromatic N) is 2. The molecule has 9 heteroatoms. The number of hydrogen-bond acceptors (Lipinski definition) is 6. The largest absolute Gasteiger partial charge is 0.496 e. The van der Waals surface area contributed by atoms with E-state index >= 15 is 0 Å². The number of methoxy groups -OCH3 is 2. The number of hydrogen-bond donors (Lipinski definition) is 0. The number of carbonyl (C=O) groups excluding carboxylic acids is 2. The van der Waals surface area contributed by atoms with Crippen LogP contribution in [0.2, 0.25) is 5.02 Å².